The fourth-order valence-corrected chi connectivity index (χ4v) is 4.32. The van der Waals surface area contributed by atoms with Gasteiger partial charge >= 0.3 is 0 Å². The van der Waals surface area contributed by atoms with Gasteiger partial charge < -0.3 is 9.80 Å². The Hall–Kier alpha value is -1.95. The summed E-state index contributed by atoms with van der Waals surface area (Å²) in [6.45, 7) is 3.72. The summed E-state index contributed by atoms with van der Waals surface area (Å²) >= 11 is 0. The fraction of sp³-hybridized carbons (Fsp3) is 0.611. The van der Waals surface area contributed by atoms with E-state index in [1.54, 1.807) is 0 Å². The maximum atomic E-state index is 13.0. The lowest BCUT2D eigenvalue weighted by molar-refractivity contribution is -0.497. The van der Waals surface area contributed by atoms with Gasteiger partial charge in [0.1, 0.15) is 5.92 Å². The van der Waals surface area contributed by atoms with E-state index in [1.807, 2.05) is 35.2 Å². The Morgan fingerprint density at radius 1 is 1.25 bits per heavy atom. The second-order valence-corrected chi connectivity index (χ2v) is 7.35. The number of nitro groups is 1. The molecule has 3 atom stereocenters. The standard InChI is InChI=1S/C18H23N3O3/c22-18(15-10-16(15)21(23)24)20(11-13-4-2-1-3-5-13)17-12-19-8-6-14(17)7-9-19/h1-5,14-17H,6-12H2/t15-,16-,17+/m1/s1. The van der Waals surface area contributed by atoms with Crippen molar-refractivity contribution in [1.82, 2.24) is 9.80 Å². The van der Waals surface area contributed by atoms with Crippen LogP contribution in [0.1, 0.15) is 24.8 Å². The van der Waals surface area contributed by atoms with Crippen LogP contribution in [0.3, 0.4) is 0 Å². The Labute approximate surface area is 141 Å². The normalized spacial score (nSPS) is 33.9. The average molecular weight is 329 g/mol. The Kier molecular flexibility index (Phi) is 4.00. The smallest absolute Gasteiger partial charge is 0.233 e. The van der Waals surface area contributed by atoms with Crippen molar-refractivity contribution in [3.63, 3.8) is 0 Å². The minimum absolute atomic E-state index is 0.0145. The molecule has 4 aliphatic rings. The molecule has 128 valence electrons. The number of hydrogen-bond donors (Lipinski definition) is 0. The van der Waals surface area contributed by atoms with Crippen LogP contribution in [0, 0.1) is 22.0 Å². The highest BCUT2D eigenvalue weighted by molar-refractivity contribution is 5.82. The third kappa shape index (κ3) is 2.90. The summed E-state index contributed by atoms with van der Waals surface area (Å²) in [7, 11) is 0. The van der Waals surface area contributed by atoms with Crippen LogP contribution in [-0.2, 0) is 11.3 Å². The number of benzene rings is 1. The number of carbonyl (C=O) groups excluding carboxylic acids is 1. The van der Waals surface area contributed by atoms with Crippen molar-refractivity contribution in [3.05, 3.63) is 46.0 Å². The van der Waals surface area contributed by atoms with Crippen molar-refractivity contribution < 1.29 is 9.72 Å². The van der Waals surface area contributed by atoms with E-state index in [0.717, 1.165) is 38.0 Å². The third-order valence-electron chi connectivity index (χ3n) is 5.85. The van der Waals surface area contributed by atoms with Crippen LogP contribution in [0.25, 0.3) is 0 Å². The van der Waals surface area contributed by atoms with Crippen molar-refractivity contribution in [2.75, 3.05) is 19.6 Å². The summed E-state index contributed by atoms with van der Waals surface area (Å²) in [5.41, 5.74) is 1.10. The second kappa shape index (κ2) is 6.16. The predicted molar refractivity (Wildman–Crippen MR) is 88.8 cm³/mol. The molecule has 4 fully saturated rings. The molecule has 24 heavy (non-hydrogen) atoms. The first kappa shape index (κ1) is 15.6. The van der Waals surface area contributed by atoms with Crippen LogP contribution >= 0.6 is 0 Å². The lowest BCUT2D eigenvalue weighted by Gasteiger charge is -2.49. The van der Waals surface area contributed by atoms with E-state index in [2.05, 4.69) is 4.90 Å². The molecule has 0 radical (unpaired) electrons. The van der Waals surface area contributed by atoms with Gasteiger partial charge in [0.05, 0.1) is 0 Å². The van der Waals surface area contributed by atoms with E-state index >= 15 is 0 Å². The monoisotopic (exact) mass is 329 g/mol. The minimum atomic E-state index is -0.670. The van der Waals surface area contributed by atoms with Gasteiger partial charge in [-0.1, -0.05) is 30.3 Å². The molecule has 6 nitrogen and oxygen atoms in total. The van der Waals surface area contributed by atoms with Gasteiger partial charge in [0.2, 0.25) is 11.9 Å². The number of fused-ring (bicyclic) bond motifs is 3. The molecule has 0 unspecified atom stereocenters. The van der Waals surface area contributed by atoms with Gasteiger partial charge in [-0.25, -0.2) is 0 Å². The molecule has 2 bridgehead atoms. The maximum absolute atomic E-state index is 13.0. The first-order chi connectivity index (χ1) is 11.6. The molecule has 3 heterocycles. The van der Waals surface area contributed by atoms with Crippen molar-refractivity contribution in [2.45, 2.75) is 37.9 Å². The molecule has 1 aromatic carbocycles. The third-order valence-corrected chi connectivity index (χ3v) is 5.85. The first-order valence-corrected chi connectivity index (χ1v) is 8.84. The molecule has 0 spiro atoms. The van der Waals surface area contributed by atoms with E-state index in [-0.39, 0.29) is 16.9 Å². The molecule has 1 saturated carbocycles. The van der Waals surface area contributed by atoms with Crippen LogP contribution in [0.4, 0.5) is 0 Å². The van der Waals surface area contributed by atoms with Gasteiger partial charge in [0.15, 0.2) is 0 Å². The molecule has 1 aromatic rings. The summed E-state index contributed by atoms with van der Waals surface area (Å²) < 4.78 is 0. The minimum Gasteiger partial charge on any atom is -0.333 e. The quantitative estimate of drug-likeness (QED) is 0.610. The van der Waals surface area contributed by atoms with Gasteiger partial charge in [-0.3, -0.25) is 14.9 Å². The molecule has 0 N–H and O–H groups in total. The second-order valence-electron chi connectivity index (χ2n) is 7.35. The molecule has 1 amide bonds. The molecule has 6 heteroatoms. The highest BCUT2D eigenvalue weighted by Gasteiger charge is 2.56. The van der Waals surface area contributed by atoms with E-state index in [0.29, 0.717) is 18.9 Å². The fourth-order valence-electron chi connectivity index (χ4n) is 4.32. The van der Waals surface area contributed by atoms with Crippen molar-refractivity contribution in [3.8, 4) is 0 Å². The van der Waals surface area contributed by atoms with E-state index < -0.39 is 12.0 Å². The van der Waals surface area contributed by atoms with Crippen LogP contribution in [0.15, 0.2) is 30.3 Å². The SMILES string of the molecule is O=C([C@@H]1C[C@H]1[N+](=O)[O-])N(Cc1ccccc1)[C@H]1CN2CCC1CC2. The number of hydrogen-bond acceptors (Lipinski definition) is 4. The Morgan fingerprint density at radius 3 is 2.50 bits per heavy atom. The van der Waals surface area contributed by atoms with Gasteiger partial charge in [-0.15, -0.1) is 0 Å². The Balaban J connectivity index is 1.55. The van der Waals surface area contributed by atoms with Gasteiger partial charge in [-0.05, 0) is 37.4 Å². The highest BCUT2D eigenvalue weighted by Crippen LogP contribution is 2.38. The summed E-state index contributed by atoms with van der Waals surface area (Å²) in [5, 5.41) is 11.0. The highest BCUT2D eigenvalue weighted by atomic mass is 16.6. The van der Waals surface area contributed by atoms with Crippen molar-refractivity contribution >= 4 is 5.91 Å². The Bertz CT molecular complexity index is 628. The summed E-state index contributed by atoms with van der Waals surface area (Å²) in [4.78, 5) is 28.1. The first-order valence-electron chi connectivity index (χ1n) is 8.84. The zero-order valence-electron chi connectivity index (χ0n) is 13.7. The zero-order valence-corrected chi connectivity index (χ0v) is 13.7. The van der Waals surface area contributed by atoms with Crippen LogP contribution < -0.4 is 0 Å². The number of carbonyl (C=O) groups is 1. The molecular formula is C18H23N3O3. The lowest BCUT2D eigenvalue weighted by Crippen LogP contribution is -2.58. The van der Waals surface area contributed by atoms with Gasteiger partial charge in [-0.2, -0.15) is 0 Å². The number of rotatable bonds is 5. The van der Waals surface area contributed by atoms with Crippen molar-refractivity contribution in [1.29, 1.82) is 0 Å². The molecular weight excluding hydrogens is 306 g/mol. The molecule has 0 aromatic heterocycles. The number of amides is 1. The topological polar surface area (TPSA) is 66.7 Å². The maximum Gasteiger partial charge on any atom is 0.233 e. The van der Waals surface area contributed by atoms with Crippen LogP contribution in [0.5, 0.6) is 0 Å². The predicted octanol–water partition coefficient (Wildman–Crippen LogP) is 1.77. The zero-order chi connectivity index (χ0) is 16.7. The summed E-state index contributed by atoms with van der Waals surface area (Å²) in [6, 6.07) is 9.51. The van der Waals surface area contributed by atoms with Gasteiger partial charge in [0, 0.05) is 30.5 Å². The molecule has 5 rings (SSSR count). The number of piperidine rings is 3. The summed E-state index contributed by atoms with van der Waals surface area (Å²) in [5.74, 6) is 0.105. The van der Waals surface area contributed by atoms with E-state index in [9.17, 15) is 14.9 Å². The van der Waals surface area contributed by atoms with Crippen LogP contribution in [-0.4, -0.2) is 52.3 Å². The van der Waals surface area contributed by atoms with Crippen LogP contribution in [0.2, 0.25) is 0 Å². The summed E-state index contributed by atoms with van der Waals surface area (Å²) in [6.07, 6.45) is 2.66. The average Bonchev–Trinajstić information content (AvgIpc) is 3.42. The largest absolute Gasteiger partial charge is 0.333 e. The lowest BCUT2D eigenvalue weighted by atomic mass is 9.82. The van der Waals surface area contributed by atoms with E-state index in [1.165, 1.54) is 0 Å². The molecule has 3 aliphatic heterocycles. The molecule has 1 aliphatic carbocycles. The molecule has 3 saturated heterocycles. The number of nitrogens with zero attached hydrogens (tertiary/aromatic N) is 3. The Morgan fingerprint density at radius 2 is 1.96 bits per heavy atom. The van der Waals surface area contributed by atoms with Crippen molar-refractivity contribution in [2.24, 2.45) is 11.8 Å². The van der Waals surface area contributed by atoms with E-state index in [4.69, 9.17) is 0 Å². The van der Waals surface area contributed by atoms with Gasteiger partial charge in [0.25, 0.3) is 0 Å².